The maximum absolute atomic E-state index is 12.7. The number of benzene rings is 1. The van der Waals surface area contributed by atoms with E-state index in [-0.39, 0.29) is 23.3 Å². The van der Waals surface area contributed by atoms with Crippen molar-refractivity contribution in [3.8, 4) is 0 Å². The molecule has 8 heteroatoms. The van der Waals surface area contributed by atoms with Gasteiger partial charge in [0.1, 0.15) is 0 Å². The van der Waals surface area contributed by atoms with Crippen molar-refractivity contribution >= 4 is 21.9 Å². The molecule has 1 amide bonds. The Balaban J connectivity index is 1.65. The molecule has 2 fully saturated rings. The van der Waals surface area contributed by atoms with Gasteiger partial charge in [-0.25, -0.2) is 8.42 Å². The maximum atomic E-state index is 12.7. The van der Waals surface area contributed by atoms with E-state index in [2.05, 4.69) is 0 Å². The average molecular weight is 394 g/mol. The number of carboxylic acids is 1. The fourth-order valence-electron chi connectivity index (χ4n) is 3.93. The molecule has 1 aromatic rings. The van der Waals surface area contributed by atoms with Crippen molar-refractivity contribution in [2.24, 2.45) is 5.92 Å². The van der Waals surface area contributed by atoms with Crippen LogP contribution in [0.4, 0.5) is 0 Å². The molecule has 1 N–H and O–H groups in total. The van der Waals surface area contributed by atoms with Crippen LogP contribution in [0.2, 0.25) is 0 Å². The molecule has 2 unspecified atom stereocenters. The standard InChI is InChI=1S/C19H26N2O5S/c1-14-17(19(23)24)9-12-21(14)18(22)13-15-5-7-16(8-6-15)27(25,26)20-10-3-2-4-11-20/h5-8,14,17H,2-4,9-13H2,1H3,(H,23,24). The Morgan fingerprint density at radius 1 is 1.07 bits per heavy atom. The van der Waals surface area contributed by atoms with Crippen LogP contribution in [-0.2, 0) is 26.0 Å². The highest BCUT2D eigenvalue weighted by Crippen LogP contribution is 2.26. The van der Waals surface area contributed by atoms with E-state index in [1.54, 1.807) is 36.1 Å². The van der Waals surface area contributed by atoms with Crippen LogP contribution in [-0.4, -0.2) is 60.3 Å². The first-order chi connectivity index (χ1) is 12.8. The zero-order valence-corrected chi connectivity index (χ0v) is 16.3. The Morgan fingerprint density at radius 2 is 1.70 bits per heavy atom. The largest absolute Gasteiger partial charge is 0.481 e. The lowest BCUT2D eigenvalue weighted by Crippen LogP contribution is -2.38. The van der Waals surface area contributed by atoms with Crippen LogP contribution in [0, 0.1) is 5.92 Å². The summed E-state index contributed by atoms with van der Waals surface area (Å²) in [7, 11) is -3.48. The second-order valence-corrected chi connectivity index (χ2v) is 9.28. The second-order valence-electron chi connectivity index (χ2n) is 7.35. The molecule has 27 heavy (non-hydrogen) atoms. The van der Waals surface area contributed by atoms with E-state index in [0.29, 0.717) is 26.1 Å². The molecule has 2 aliphatic heterocycles. The Bertz CT molecular complexity index is 800. The first kappa shape index (κ1) is 19.8. The van der Waals surface area contributed by atoms with E-state index in [0.717, 1.165) is 24.8 Å². The predicted molar refractivity (Wildman–Crippen MR) is 99.7 cm³/mol. The van der Waals surface area contributed by atoms with Crippen LogP contribution in [0.25, 0.3) is 0 Å². The highest BCUT2D eigenvalue weighted by Gasteiger charge is 2.37. The second kappa shape index (κ2) is 7.98. The van der Waals surface area contributed by atoms with Crippen LogP contribution >= 0.6 is 0 Å². The van der Waals surface area contributed by atoms with Crippen molar-refractivity contribution in [3.05, 3.63) is 29.8 Å². The summed E-state index contributed by atoms with van der Waals surface area (Å²) in [6.45, 7) is 3.32. The lowest BCUT2D eigenvalue weighted by Gasteiger charge is -2.26. The number of carbonyl (C=O) groups is 2. The Morgan fingerprint density at radius 3 is 2.26 bits per heavy atom. The van der Waals surface area contributed by atoms with Gasteiger partial charge in [0, 0.05) is 25.7 Å². The summed E-state index contributed by atoms with van der Waals surface area (Å²) >= 11 is 0. The molecular formula is C19H26N2O5S. The number of hydrogen-bond donors (Lipinski definition) is 1. The van der Waals surface area contributed by atoms with Gasteiger partial charge in [-0.2, -0.15) is 4.31 Å². The third-order valence-corrected chi connectivity index (χ3v) is 7.54. The van der Waals surface area contributed by atoms with Gasteiger partial charge in [0.15, 0.2) is 0 Å². The van der Waals surface area contributed by atoms with Gasteiger partial charge in [-0.1, -0.05) is 18.6 Å². The molecule has 2 aliphatic rings. The molecule has 0 aromatic heterocycles. The Labute approximate surface area is 160 Å². The Hall–Kier alpha value is -1.93. The molecule has 0 spiro atoms. The minimum absolute atomic E-state index is 0.127. The lowest BCUT2D eigenvalue weighted by atomic mass is 10.0. The van der Waals surface area contributed by atoms with E-state index in [4.69, 9.17) is 0 Å². The summed E-state index contributed by atoms with van der Waals surface area (Å²) in [5.41, 5.74) is 0.726. The number of carbonyl (C=O) groups excluding carboxylic acids is 1. The monoisotopic (exact) mass is 394 g/mol. The Kier molecular flexibility index (Phi) is 5.86. The molecule has 0 radical (unpaired) electrons. The summed E-state index contributed by atoms with van der Waals surface area (Å²) in [5, 5.41) is 9.19. The van der Waals surface area contributed by atoms with Crippen LogP contribution in [0.15, 0.2) is 29.2 Å². The number of carboxylic acid groups (broad SMARTS) is 1. The number of amides is 1. The van der Waals surface area contributed by atoms with E-state index in [1.807, 2.05) is 0 Å². The van der Waals surface area contributed by atoms with Crippen LogP contribution < -0.4 is 0 Å². The molecule has 0 bridgehead atoms. The number of hydrogen-bond acceptors (Lipinski definition) is 4. The van der Waals surface area contributed by atoms with E-state index >= 15 is 0 Å². The van der Waals surface area contributed by atoms with Gasteiger partial charge in [0.05, 0.1) is 17.2 Å². The minimum Gasteiger partial charge on any atom is -0.481 e. The van der Waals surface area contributed by atoms with Gasteiger partial charge in [-0.05, 0) is 43.9 Å². The number of aliphatic carboxylic acids is 1. The normalized spacial score (nSPS) is 24.1. The van der Waals surface area contributed by atoms with Crippen molar-refractivity contribution in [3.63, 3.8) is 0 Å². The van der Waals surface area contributed by atoms with E-state index in [9.17, 15) is 23.1 Å². The van der Waals surface area contributed by atoms with Gasteiger partial charge < -0.3 is 10.0 Å². The first-order valence-corrected chi connectivity index (χ1v) is 10.9. The van der Waals surface area contributed by atoms with Crippen molar-refractivity contribution in [1.29, 1.82) is 0 Å². The quantitative estimate of drug-likeness (QED) is 0.821. The summed E-state index contributed by atoms with van der Waals surface area (Å²) in [6, 6.07) is 6.13. The summed E-state index contributed by atoms with van der Waals surface area (Å²) in [6.07, 6.45) is 3.44. The molecule has 3 rings (SSSR count). The number of rotatable bonds is 5. The lowest BCUT2D eigenvalue weighted by molar-refractivity contribution is -0.143. The maximum Gasteiger partial charge on any atom is 0.308 e. The zero-order chi connectivity index (χ0) is 19.6. The zero-order valence-electron chi connectivity index (χ0n) is 15.5. The van der Waals surface area contributed by atoms with Gasteiger partial charge >= 0.3 is 5.97 Å². The predicted octanol–water partition coefficient (Wildman–Crippen LogP) is 1.73. The third kappa shape index (κ3) is 4.16. The van der Waals surface area contributed by atoms with Gasteiger partial charge in [-0.15, -0.1) is 0 Å². The fourth-order valence-corrected chi connectivity index (χ4v) is 5.45. The molecule has 1 aromatic carbocycles. The number of nitrogens with zero attached hydrogens (tertiary/aromatic N) is 2. The number of likely N-dealkylation sites (tertiary alicyclic amines) is 1. The number of sulfonamides is 1. The van der Waals surface area contributed by atoms with Crippen molar-refractivity contribution in [2.45, 2.75) is 50.0 Å². The SMILES string of the molecule is CC1C(C(=O)O)CCN1C(=O)Cc1ccc(S(=O)(=O)N2CCCCC2)cc1. The fraction of sp³-hybridized carbons (Fsp3) is 0.579. The van der Waals surface area contributed by atoms with Crippen molar-refractivity contribution in [2.75, 3.05) is 19.6 Å². The van der Waals surface area contributed by atoms with E-state index < -0.39 is 21.9 Å². The molecule has 2 saturated heterocycles. The minimum atomic E-state index is -3.48. The molecule has 0 aliphatic carbocycles. The van der Waals surface area contributed by atoms with Gasteiger partial charge in [0.2, 0.25) is 15.9 Å². The molecule has 148 valence electrons. The smallest absolute Gasteiger partial charge is 0.308 e. The molecule has 7 nitrogen and oxygen atoms in total. The summed E-state index contributed by atoms with van der Waals surface area (Å²) in [5.74, 6) is -1.52. The average Bonchev–Trinajstić information content (AvgIpc) is 3.05. The van der Waals surface area contributed by atoms with E-state index in [1.165, 1.54) is 4.31 Å². The van der Waals surface area contributed by atoms with Gasteiger partial charge in [-0.3, -0.25) is 9.59 Å². The van der Waals surface area contributed by atoms with Crippen LogP contribution in [0.1, 0.15) is 38.2 Å². The molecule has 0 saturated carbocycles. The third-order valence-electron chi connectivity index (χ3n) is 5.62. The molecule has 2 heterocycles. The van der Waals surface area contributed by atoms with Gasteiger partial charge in [0.25, 0.3) is 0 Å². The topological polar surface area (TPSA) is 95.0 Å². The van der Waals surface area contributed by atoms with Crippen LogP contribution in [0.5, 0.6) is 0 Å². The molecule has 2 atom stereocenters. The van der Waals surface area contributed by atoms with Crippen molar-refractivity contribution in [1.82, 2.24) is 9.21 Å². The van der Waals surface area contributed by atoms with Crippen molar-refractivity contribution < 1.29 is 23.1 Å². The number of piperidine rings is 1. The first-order valence-electron chi connectivity index (χ1n) is 9.42. The van der Waals surface area contributed by atoms with Crippen LogP contribution in [0.3, 0.4) is 0 Å². The molecular weight excluding hydrogens is 368 g/mol. The highest BCUT2D eigenvalue weighted by molar-refractivity contribution is 7.89. The summed E-state index contributed by atoms with van der Waals surface area (Å²) in [4.78, 5) is 25.6. The highest BCUT2D eigenvalue weighted by atomic mass is 32.2. The summed E-state index contributed by atoms with van der Waals surface area (Å²) < 4.78 is 26.9.